The van der Waals surface area contributed by atoms with Crippen LogP contribution < -0.4 is 0 Å². The number of allylic oxidation sites excluding steroid dienone is 1. The van der Waals surface area contributed by atoms with Crippen molar-refractivity contribution in [1.82, 2.24) is 0 Å². The maximum atomic E-state index is 10.8. The van der Waals surface area contributed by atoms with Gasteiger partial charge in [0, 0.05) is 13.0 Å². The van der Waals surface area contributed by atoms with Gasteiger partial charge in [-0.3, -0.25) is 4.79 Å². The van der Waals surface area contributed by atoms with E-state index < -0.39 is 0 Å². The highest BCUT2D eigenvalue weighted by Gasteiger charge is 2.39. The summed E-state index contributed by atoms with van der Waals surface area (Å²) in [6, 6.07) is 0. The Morgan fingerprint density at radius 3 is 2.91 bits per heavy atom. The van der Waals surface area contributed by atoms with Gasteiger partial charge in [0.2, 0.25) is 0 Å². The van der Waals surface area contributed by atoms with Gasteiger partial charge in [0.25, 0.3) is 0 Å². The Balaban J connectivity index is 2.41. The number of carbonyl (C=O) groups is 1. The number of rotatable bonds is 3. The zero-order chi connectivity index (χ0) is 8.27. The number of ether oxygens (including phenoxy) is 1. The van der Waals surface area contributed by atoms with E-state index in [0.29, 0.717) is 6.42 Å². The van der Waals surface area contributed by atoms with Gasteiger partial charge >= 0.3 is 5.97 Å². The first-order valence-electron chi connectivity index (χ1n) is 3.73. The van der Waals surface area contributed by atoms with Crippen molar-refractivity contribution in [1.29, 1.82) is 0 Å². The molecule has 3 nitrogen and oxygen atoms in total. The van der Waals surface area contributed by atoms with E-state index in [1.165, 1.54) is 0 Å². The molecular formula is C8H12O3. The average Bonchev–Trinajstić information content (AvgIpc) is 2.00. The SMILES string of the molecule is C/C=C/C1C(=O)OC1CCO. The molecule has 0 aromatic heterocycles. The third-order valence-electron chi connectivity index (χ3n) is 1.75. The molecule has 0 aromatic carbocycles. The molecule has 2 atom stereocenters. The van der Waals surface area contributed by atoms with Gasteiger partial charge in [-0.05, 0) is 6.92 Å². The Hall–Kier alpha value is -0.830. The summed E-state index contributed by atoms with van der Waals surface area (Å²) < 4.78 is 4.79. The van der Waals surface area contributed by atoms with E-state index in [4.69, 9.17) is 9.84 Å². The Morgan fingerprint density at radius 1 is 1.73 bits per heavy atom. The van der Waals surface area contributed by atoms with Crippen LogP contribution in [0.1, 0.15) is 13.3 Å². The van der Waals surface area contributed by atoms with Crippen LogP contribution in [-0.4, -0.2) is 23.8 Å². The van der Waals surface area contributed by atoms with E-state index in [1.807, 2.05) is 19.1 Å². The molecule has 11 heavy (non-hydrogen) atoms. The van der Waals surface area contributed by atoms with Crippen LogP contribution in [0.2, 0.25) is 0 Å². The van der Waals surface area contributed by atoms with Gasteiger partial charge in [-0.15, -0.1) is 0 Å². The predicted molar refractivity (Wildman–Crippen MR) is 39.9 cm³/mol. The summed E-state index contributed by atoms with van der Waals surface area (Å²) >= 11 is 0. The summed E-state index contributed by atoms with van der Waals surface area (Å²) in [5, 5.41) is 8.56. The fraction of sp³-hybridized carbons (Fsp3) is 0.625. The first kappa shape index (κ1) is 8.27. The largest absolute Gasteiger partial charge is 0.460 e. The minimum atomic E-state index is -0.179. The molecule has 0 amide bonds. The van der Waals surface area contributed by atoms with Gasteiger partial charge in [-0.1, -0.05) is 12.2 Å². The lowest BCUT2D eigenvalue weighted by molar-refractivity contribution is -0.180. The molecule has 1 rings (SSSR count). The second-order valence-corrected chi connectivity index (χ2v) is 2.54. The third-order valence-corrected chi connectivity index (χ3v) is 1.75. The highest BCUT2D eigenvalue weighted by Crippen LogP contribution is 2.25. The molecule has 1 saturated heterocycles. The summed E-state index contributed by atoms with van der Waals surface area (Å²) in [6.45, 7) is 1.94. The number of hydrogen-bond donors (Lipinski definition) is 1. The van der Waals surface area contributed by atoms with Gasteiger partial charge < -0.3 is 9.84 Å². The minimum absolute atomic E-state index is 0.0754. The van der Waals surface area contributed by atoms with Gasteiger partial charge in [-0.2, -0.15) is 0 Å². The van der Waals surface area contributed by atoms with E-state index in [0.717, 1.165) is 0 Å². The quantitative estimate of drug-likeness (QED) is 0.477. The van der Waals surface area contributed by atoms with Crippen LogP contribution in [0.5, 0.6) is 0 Å². The van der Waals surface area contributed by atoms with Crippen molar-refractivity contribution in [2.24, 2.45) is 5.92 Å². The highest BCUT2D eigenvalue weighted by molar-refractivity contribution is 5.80. The zero-order valence-electron chi connectivity index (χ0n) is 6.49. The van der Waals surface area contributed by atoms with Crippen molar-refractivity contribution in [2.45, 2.75) is 19.4 Å². The maximum Gasteiger partial charge on any atom is 0.316 e. The Morgan fingerprint density at radius 2 is 2.45 bits per heavy atom. The number of aliphatic hydroxyl groups excluding tert-OH is 1. The van der Waals surface area contributed by atoms with E-state index in [-0.39, 0.29) is 24.6 Å². The summed E-state index contributed by atoms with van der Waals surface area (Å²) in [5.74, 6) is -0.298. The topological polar surface area (TPSA) is 46.5 Å². The minimum Gasteiger partial charge on any atom is -0.460 e. The Bertz CT molecular complexity index is 174. The molecule has 2 unspecified atom stereocenters. The number of aliphatic hydroxyl groups is 1. The molecule has 1 fully saturated rings. The molecule has 0 saturated carbocycles. The lowest BCUT2D eigenvalue weighted by Crippen LogP contribution is -2.44. The second kappa shape index (κ2) is 3.53. The molecule has 1 aliphatic heterocycles. The molecule has 0 spiro atoms. The summed E-state index contributed by atoms with van der Waals surface area (Å²) in [6.07, 6.45) is 4.09. The van der Waals surface area contributed by atoms with Crippen LogP contribution >= 0.6 is 0 Å². The van der Waals surface area contributed by atoms with Crippen molar-refractivity contribution < 1.29 is 14.6 Å². The van der Waals surface area contributed by atoms with Gasteiger partial charge in [0.1, 0.15) is 12.0 Å². The molecule has 0 aromatic rings. The van der Waals surface area contributed by atoms with Crippen molar-refractivity contribution in [3.63, 3.8) is 0 Å². The molecule has 0 aliphatic carbocycles. The Labute approximate surface area is 65.7 Å². The summed E-state index contributed by atoms with van der Waals surface area (Å²) in [7, 11) is 0. The number of cyclic esters (lactones) is 1. The molecule has 1 heterocycles. The van der Waals surface area contributed by atoms with Gasteiger partial charge in [0.15, 0.2) is 0 Å². The fourth-order valence-electron chi connectivity index (χ4n) is 1.16. The normalized spacial score (nSPS) is 30.2. The lowest BCUT2D eigenvalue weighted by atomic mass is 9.94. The first-order chi connectivity index (χ1) is 5.29. The summed E-state index contributed by atoms with van der Waals surface area (Å²) in [4.78, 5) is 10.8. The first-order valence-corrected chi connectivity index (χ1v) is 3.73. The molecule has 3 heteroatoms. The lowest BCUT2D eigenvalue weighted by Gasteiger charge is -2.32. The zero-order valence-corrected chi connectivity index (χ0v) is 6.49. The monoisotopic (exact) mass is 156 g/mol. The standard InChI is InChI=1S/C8H12O3/c1-2-3-6-7(4-5-9)11-8(6)10/h2-3,6-7,9H,4-5H2,1H3/b3-2+. The second-order valence-electron chi connectivity index (χ2n) is 2.54. The van der Waals surface area contributed by atoms with Crippen LogP contribution in [0.15, 0.2) is 12.2 Å². The van der Waals surface area contributed by atoms with Gasteiger partial charge in [0.05, 0.1) is 0 Å². The molecule has 1 N–H and O–H groups in total. The van der Waals surface area contributed by atoms with E-state index in [9.17, 15) is 4.79 Å². The van der Waals surface area contributed by atoms with Crippen molar-refractivity contribution in [2.75, 3.05) is 6.61 Å². The van der Waals surface area contributed by atoms with E-state index in [2.05, 4.69) is 0 Å². The van der Waals surface area contributed by atoms with E-state index in [1.54, 1.807) is 0 Å². The molecule has 1 aliphatic rings. The van der Waals surface area contributed by atoms with Crippen LogP contribution in [-0.2, 0) is 9.53 Å². The highest BCUT2D eigenvalue weighted by atomic mass is 16.6. The maximum absolute atomic E-state index is 10.8. The van der Waals surface area contributed by atoms with Crippen LogP contribution in [0.25, 0.3) is 0 Å². The Kier molecular flexibility index (Phi) is 2.65. The number of esters is 1. The van der Waals surface area contributed by atoms with Crippen LogP contribution in [0, 0.1) is 5.92 Å². The smallest absolute Gasteiger partial charge is 0.316 e. The van der Waals surface area contributed by atoms with Crippen LogP contribution in [0.3, 0.4) is 0 Å². The van der Waals surface area contributed by atoms with Crippen molar-refractivity contribution in [3.05, 3.63) is 12.2 Å². The molecule has 62 valence electrons. The fourth-order valence-corrected chi connectivity index (χ4v) is 1.16. The van der Waals surface area contributed by atoms with Crippen molar-refractivity contribution >= 4 is 5.97 Å². The average molecular weight is 156 g/mol. The van der Waals surface area contributed by atoms with E-state index >= 15 is 0 Å². The van der Waals surface area contributed by atoms with Crippen LogP contribution in [0.4, 0.5) is 0 Å². The third kappa shape index (κ3) is 1.60. The molecule has 0 radical (unpaired) electrons. The molecule has 0 bridgehead atoms. The number of hydrogen-bond acceptors (Lipinski definition) is 3. The predicted octanol–water partition coefficient (Wildman–Crippen LogP) is 0.486. The van der Waals surface area contributed by atoms with Crippen molar-refractivity contribution in [3.8, 4) is 0 Å². The summed E-state index contributed by atoms with van der Waals surface area (Å²) in [5.41, 5.74) is 0. The molecular weight excluding hydrogens is 144 g/mol. The van der Waals surface area contributed by atoms with Gasteiger partial charge in [-0.25, -0.2) is 0 Å². The number of carbonyl (C=O) groups excluding carboxylic acids is 1.